The average molecular weight is 218 g/mol. The van der Waals surface area contributed by atoms with E-state index in [2.05, 4.69) is 22.9 Å². The SMILES string of the molecule is C=C(C)C(CCC(=C)C(CO)OO)OO. The largest absolute Gasteiger partial charge is 0.393 e. The molecule has 0 radical (unpaired) electrons. The van der Waals surface area contributed by atoms with Crippen LogP contribution in [0.2, 0.25) is 0 Å². The first-order chi connectivity index (χ1) is 7.06. The van der Waals surface area contributed by atoms with Gasteiger partial charge in [0.1, 0.15) is 12.2 Å². The Morgan fingerprint density at radius 3 is 2.07 bits per heavy atom. The minimum absolute atomic E-state index is 0.340. The first-order valence-electron chi connectivity index (χ1n) is 4.61. The molecule has 0 aromatic heterocycles. The zero-order valence-corrected chi connectivity index (χ0v) is 8.85. The molecule has 0 rings (SSSR count). The molecule has 0 fully saturated rings. The summed E-state index contributed by atoms with van der Waals surface area (Å²) in [6, 6.07) is 0. The van der Waals surface area contributed by atoms with Gasteiger partial charge in [0.25, 0.3) is 0 Å². The second kappa shape index (κ2) is 7.56. The molecule has 0 aromatic carbocycles. The van der Waals surface area contributed by atoms with Crippen LogP contribution in [-0.4, -0.2) is 34.4 Å². The van der Waals surface area contributed by atoms with Gasteiger partial charge in [-0.3, -0.25) is 10.5 Å². The van der Waals surface area contributed by atoms with Gasteiger partial charge in [0.05, 0.1) is 6.61 Å². The fourth-order valence-corrected chi connectivity index (χ4v) is 1.10. The lowest BCUT2D eigenvalue weighted by molar-refractivity contribution is -0.277. The molecule has 0 aliphatic heterocycles. The van der Waals surface area contributed by atoms with Gasteiger partial charge in [0.15, 0.2) is 0 Å². The van der Waals surface area contributed by atoms with Gasteiger partial charge in [-0.25, -0.2) is 9.78 Å². The van der Waals surface area contributed by atoms with Crippen LogP contribution in [0, 0.1) is 0 Å². The molecule has 3 N–H and O–H groups in total. The molecular formula is C10H18O5. The van der Waals surface area contributed by atoms with Crippen LogP contribution in [0.1, 0.15) is 19.8 Å². The molecule has 0 aromatic rings. The monoisotopic (exact) mass is 218 g/mol. The molecule has 15 heavy (non-hydrogen) atoms. The number of rotatable bonds is 8. The van der Waals surface area contributed by atoms with E-state index in [0.717, 1.165) is 0 Å². The van der Waals surface area contributed by atoms with Crippen molar-refractivity contribution in [3.63, 3.8) is 0 Å². The van der Waals surface area contributed by atoms with Crippen molar-refractivity contribution in [2.75, 3.05) is 6.61 Å². The second-order valence-electron chi connectivity index (χ2n) is 3.41. The van der Waals surface area contributed by atoms with Gasteiger partial charge >= 0.3 is 0 Å². The molecule has 5 heteroatoms. The highest BCUT2D eigenvalue weighted by molar-refractivity contribution is 5.05. The van der Waals surface area contributed by atoms with E-state index in [1.165, 1.54) is 0 Å². The van der Waals surface area contributed by atoms with Gasteiger partial charge in [-0.2, -0.15) is 0 Å². The lowest BCUT2D eigenvalue weighted by Crippen LogP contribution is -2.20. The lowest BCUT2D eigenvalue weighted by Gasteiger charge is -2.17. The first kappa shape index (κ1) is 14.3. The third kappa shape index (κ3) is 5.06. The molecule has 2 atom stereocenters. The van der Waals surface area contributed by atoms with E-state index >= 15 is 0 Å². The highest BCUT2D eigenvalue weighted by Gasteiger charge is 2.15. The Bertz CT molecular complexity index is 210. The van der Waals surface area contributed by atoms with E-state index in [1.54, 1.807) is 6.92 Å². The summed E-state index contributed by atoms with van der Waals surface area (Å²) in [6.07, 6.45) is -0.358. The number of hydrogen-bond donors (Lipinski definition) is 3. The van der Waals surface area contributed by atoms with Crippen LogP contribution in [-0.2, 0) is 9.78 Å². The van der Waals surface area contributed by atoms with Crippen LogP contribution in [0.5, 0.6) is 0 Å². The highest BCUT2D eigenvalue weighted by atomic mass is 17.1. The maximum atomic E-state index is 8.78. The average Bonchev–Trinajstić information content (AvgIpc) is 2.20. The number of hydrogen-bond acceptors (Lipinski definition) is 5. The van der Waals surface area contributed by atoms with Gasteiger partial charge in [-0.15, -0.1) is 0 Å². The van der Waals surface area contributed by atoms with Crippen LogP contribution < -0.4 is 0 Å². The predicted molar refractivity (Wildman–Crippen MR) is 55.3 cm³/mol. The topological polar surface area (TPSA) is 79.2 Å². The van der Waals surface area contributed by atoms with Gasteiger partial charge < -0.3 is 5.11 Å². The minimum Gasteiger partial charge on any atom is -0.393 e. The first-order valence-corrected chi connectivity index (χ1v) is 4.61. The summed E-state index contributed by atoms with van der Waals surface area (Å²) >= 11 is 0. The Hall–Kier alpha value is -0.720. The summed E-state index contributed by atoms with van der Waals surface area (Å²) in [7, 11) is 0. The summed E-state index contributed by atoms with van der Waals surface area (Å²) in [6.45, 7) is 8.69. The van der Waals surface area contributed by atoms with Crippen molar-refractivity contribution in [3.8, 4) is 0 Å². The molecule has 0 saturated heterocycles. The molecule has 0 aliphatic rings. The number of aliphatic hydroxyl groups excluding tert-OH is 1. The Morgan fingerprint density at radius 1 is 1.20 bits per heavy atom. The van der Waals surface area contributed by atoms with Crippen LogP contribution in [0.15, 0.2) is 24.3 Å². The quantitative estimate of drug-likeness (QED) is 0.327. The van der Waals surface area contributed by atoms with Gasteiger partial charge in [0, 0.05) is 0 Å². The third-order valence-electron chi connectivity index (χ3n) is 2.15. The van der Waals surface area contributed by atoms with Crippen LogP contribution in [0.4, 0.5) is 0 Å². The Morgan fingerprint density at radius 2 is 1.73 bits per heavy atom. The molecule has 0 aliphatic carbocycles. The molecule has 0 amide bonds. The highest BCUT2D eigenvalue weighted by Crippen LogP contribution is 2.16. The molecule has 2 unspecified atom stereocenters. The minimum atomic E-state index is -0.797. The van der Waals surface area contributed by atoms with Gasteiger partial charge in [0.2, 0.25) is 0 Å². The van der Waals surface area contributed by atoms with Crippen molar-refractivity contribution in [1.29, 1.82) is 0 Å². The fraction of sp³-hybridized carbons (Fsp3) is 0.600. The van der Waals surface area contributed by atoms with Crippen molar-refractivity contribution in [3.05, 3.63) is 24.3 Å². The van der Waals surface area contributed by atoms with Crippen molar-refractivity contribution in [2.24, 2.45) is 0 Å². The van der Waals surface area contributed by atoms with Crippen molar-refractivity contribution in [2.45, 2.75) is 32.0 Å². The summed E-state index contributed by atoms with van der Waals surface area (Å²) in [5.74, 6) is 0. The summed E-state index contributed by atoms with van der Waals surface area (Å²) in [4.78, 5) is 8.22. The molecule has 5 nitrogen and oxygen atoms in total. The van der Waals surface area contributed by atoms with E-state index in [4.69, 9.17) is 15.6 Å². The van der Waals surface area contributed by atoms with Crippen molar-refractivity contribution < 1.29 is 25.4 Å². The summed E-state index contributed by atoms with van der Waals surface area (Å²) < 4.78 is 0. The van der Waals surface area contributed by atoms with E-state index in [-0.39, 0.29) is 6.61 Å². The smallest absolute Gasteiger partial charge is 0.136 e. The van der Waals surface area contributed by atoms with Crippen LogP contribution in [0.3, 0.4) is 0 Å². The normalized spacial score (nSPS) is 14.7. The van der Waals surface area contributed by atoms with Crippen LogP contribution in [0.25, 0.3) is 0 Å². The fourth-order valence-electron chi connectivity index (χ4n) is 1.10. The summed E-state index contributed by atoms with van der Waals surface area (Å²) in [5, 5.41) is 25.7. The Balaban J connectivity index is 4.02. The van der Waals surface area contributed by atoms with Crippen molar-refractivity contribution in [1.82, 2.24) is 0 Å². The third-order valence-corrected chi connectivity index (χ3v) is 2.15. The standard InChI is InChI=1S/C10H18O5/c1-7(2)9(14-12)5-4-8(3)10(6-11)15-13/h9-13H,1,3-6H2,2H3. The van der Waals surface area contributed by atoms with E-state index < -0.39 is 12.2 Å². The molecule has 0 saturated carbocycles. The lowest BCUT2D eigenvalue weighted by atomic mass is 10.0. The second-order valence-corrected chi connectivity index (χ2v) is 3.41. The Labute approximate surface area is 89.1 Å². The number of aliphatic hydroxyl groups is 1. The zero-order valence-electron chi connectivity index (χ0n) is 8.85. The van der Waals surface area contributed by atoms with E-state index in [9.17, 15) is 0 Å². The van der Waals surface area contributed by atoms with Crippen molar-refractivity contribution >= 4 is 0 Å². The summed E-state index contributed by atoms with van der Waals surface area (Å²) in [5.41, 5.74) is 1.22. The van der Waals surface area contributed by atoms with Gasteiger partial charge in [-0.1, -0.05) is 13.2 Å². The van der Waals surface area contributed by atoms with Gasteiger partial charge in [-0.05, 0) is 30.9 Å². The maximum Gasteiger partial charge on any atom is 0.136 e. The predicted octanol–water partition coefficient (Wildman–Crippen LogP) is 1.61. The van der Waals surface area contributed by atoms with Crippen LogP contribution >= 0.6 is 0 Å². The van der Waals surface area contributed by atoms with E-state index in [1.807, 2.05) is 0 Å². The molecule has 0 spiro atoms. The molecular weight excluding hydrogens is 200 g/mol. The Kier molecular flexibility index (Phi) is 7.19. The molecule has 0 heterocycles. The molecule has 0 bridgehead atoms. The molecule has 88 valence electrons. The maximum absolute atomic E-state index is 8.78. The zero-order chi connectivity index (χ0) is 11.8. The van der Waals surface area contributed by atoms with E-state index in [0.29, 0.717) is 24.0 Å².